The van der Waals surface area contributed by atoms with Gasteiger partial charge in [-0.05, 0) is 44.2 Å². The van der Waals surface area contributed by atoms with Crippen LogP contribution in [-0.4, -0.2) is 41.6 Å². The Morgan fingerprint density at radius 3 is 2.60 bits per heavy atom. The predicted molar refractivity (Wildman–Crippen MR) is 108 cm³/mol. The van der Waals surface area contributed by atoms with Gasteiger partial charge >= 0.3 is 6.09 Å². The highest BCUT2D eigenvalue weighted by Crippen LogP contribution is 2.30. The highest BCUT2D eigenvalue weighted by Gasteiger charge is 2.37. The minimum atomic E-state index is -0.694. The lowest BCUT2D eigenvalue weighted by Gasteiger charge is -2.16. The third kappa shape index (κ3) is 4.38. The van der Waals surface area contributed by atoms with Gasteiger partial charge in [-0.1, -0.05) is 0 Å². The number of nitrogens with zero attached hydrogens (tertiary/aromatic N) is 2. The van der Waals surface area contributed by atoms with Crippen LogP contribution in [-0.2, 0) is 14.3 Å². The molecule has 30 heavy (non-hydrogen) atoms. The van der Waals surface area contributed by atoms with E-state index in [1.165, 1.54) is 29.3 Å². The number of benzene rings is 1. The predicted octanol–water partition coefficient (Wildman–Crippen LogP) is 1.62. The number of cyclic esters (lactones) is 1. The quantitative estimate of drug-likeness (QED) is 0.655. The number of anilines is 2. The molecule has 2 aromatic rings. The number of nitrogens with two attached hydrogens (primary N) is 2. The molecule has 158 valence electrons. The second-order valence-electron chi connectivity index (χ2n) is 7.10. The zero-order valence-corrected chi connectivity index (χ0v) is 16.5. The van der Waals surface area contributed by atoms with Gasteiger partial charge in [0.2, 0.25) is 11.8 Å². The fourth-order valence-corrected chi connectivity index (χ4v) is 2.91. The van der Waals surface area contributed by atoms with Crippen molar-refractivity contribution in [3.05, 3.63) is 42.3 Å². The van der Waals surface area contributed by atoms with Gasteiger partial charge in [-0.15, -0.1) is 0 Å². The lowest BCUT2D eigenvalue weighted by molar-refractivity contribution is -0.123. The van der Waals surface area contributed by atoms with E-state index in [0.717, 1.165) is 0 Å². The summed E-state index contributed by atoms with van der Waals surface area (Å²) in [5.74, 6) is -1.89. The number of nitrogens with one attached hydrogen (secondary N) is 1. The molecule has 0 spiro atoms. The molecule has 3 amide bonds. The first kappa shape index (κ1) is 21.2. The summed E-state index contributed by atoms with van der Waals surface area (Å²) in [7, 11) is 0. The van der Waals surface area contributed by atoms with Crippen LogP contribution in [0.5, 0.6) is 0 Å². The van der Waals surface area contributed by atoms with Gasteiger partial charge in [0.25, 0.3) is 0 Å². The van der Waals surface area contributed by atoms with E-state index in [9.17, 15) is 18.8 Å². The van der Waals surface area contributed by atoms with Crippen LogP contribution < -0.4 is 21.7 Å². The van der Waals surface area contributed by atoms with E-state index < -0.39 is 35.9 Å². The van der Waals surface area contributed by atoms with Crippen LogP contribution in [0.15, 0.2) is 36.5 Å². The first-order valence-corrected chi connectivity index (χ1v) is 9.27. The van der Waals surface area contributed by atoms with Crippen LogP contribution in [0.25, 0.3) is 11.1 Å². The Bertz CT molecular complexity index is 980. The molecule has 9 nitrogen and oxygen atoms in total. The maximum Gasteiger partial charge on any atom is 0.414 e. The highest BCUT2D eigenvalue weighted by atomic mass is 19.1. The monoisotopic (exact) mass is 415 g/mol. The fourth-order valence-electron chi connectivity index (χ4n) is 2.91. The molecule has 1 aromatic carbocycles. The fraction of sp³-hybridized carbons (Fsp3) is 0.300. The molecule has 10 heteroatoms. The topological polar surface area (TPSA) is 141 Å². The molecule has 0 saturated carbocycles. The molecule has 3 rings (SSSR count). The summed E-state index contributed by atoms with van der Waals surface area (Å²) in [6.07, 6.45) is 0.0564. The van der Waals surface area contributed by atoms with E-state index in [1.54, 1.807) is 26.0 Å². The summed E-state index contributed by atoms with van der Waals surface area (Å²) >= 11 is 0. The second-order valence-corrected chi connectivity index (χ2v) is 7.10. The number of halogens is 1. The molecule has 0 radical (unpaired) electrons. The van der Waals surface area contributed by atoms with Gasteiger partial charge in [0, 0.05) is 17.3 Å². The molecule has 3 atom stereocenters. The Balaban J connectivity index is 1.76. The zero-order chi connectivity index (χ0) is 22.0. The number of amides is 3. The molecule has 1 aliphatic heterocycles. The minimum Gasteiger partial charge on any atom is -0.443 e. The third-order valence-corrected chi connectivity index (χ3v) is 4.85. The summed E-state index contributed by atoms with van der Waals surface area (Å²) in [6, 6.07) is 6.76. The molecule has 1 aromatic heterocycles. The summed E-state index contributed by atoms with van der Waals surface area (Å²) in [5, 5.41) is 2.55. The Labute approximate surface area is 172 Å². The summed E-state index contributed by atoms with van der Waals surface area (Å²) in [6.45, 7) is 3.21. The second kappa shape index (κ2) is 8.46. The van der Waals surface area contributed by atoms with Crippen LogP contribution in [0.2, 0.25) is 0 Å². The van der Waals surface area contributed by atoms with Gasteiger partial charge in [0.1, 0.15) is 17.7 Å². The van der Waals surface area contributed by atoms with Crippen LogP contribution in [0.3, 0.4) is 0 Å². The van der Waals surface area contributed by atoms with E-state index in [0.29, 0.717) is 17.1 Å². The SMILES string of the molecule is C[C@H](N)C(=O)Nc1ccc(-c2ccc(N3CC([C@H](C)C(N)=O)OC3=O)cc2F)cn1. The first-order valence-electron chi connectivity index (χ1n) is 9.27. The van der Waals surface area contributed by atoms with Crippen molar-refractivity contribution in [3.8, 4) is 11.1 Å². The Hall–Kier alpha value is -3.53. The average Bonchev–Trinajstić information content (AvgIpc) is 3.09. The number of ether oxygens (including phenoxy) is 1. The van der Waals surface area contributed by atoms with E-state index in [2.05, 4.69) is 10.3 Å². The first-order chi connectivity index (χ1) is 14.2. The van der Waals surface area contributed by atoms with Crippen molar-refractivity contribution in [2.45, 2.75) is 26.0 Å². The number of aromatic nitrogens is 1. The Kier molecular flexibility index (Phi) is 5.97. The summed E-state index contributed by atoms with van der Waals surface area (Å²) < 4.78 is 19.9. The van der Waals surface area contributed by atoms with Crippen LogP contribution in [0.1, 0.15) is 13.8 Å². The molecular formula is C20H22FN5O4. The zero-order valence-electron chi connectivity index (χ0n) is 16.5. The Morgan fingerprint density at radius 2 is 2.03 bits per heavy atom. The average molecular weight is 415 g/mol. The largest absolute Gasteiger partial charge is 0.443 e. The van der Waals surface area contributed by atoms with Crippen LogP contribution in [0.4, 0.5) is 20.7 Å². The number of hydrogen-bond acceptors (Lipinski definition) is 6. The Morgan fingerprint density at radius 1 is 1.30 bits per heavy atom. The van der Waals surface area contributed by atoms with Crippen LogP contribution in [0, 0.1) is 11.7 Å². The van der Waals surface area contributed by atoms with E-state index >= 15 is 0 Å². The van der Waals surface area contributed by atoms with Crippen molar-refractivity contribution >= 4 is 29.4 Å². The van der Waals surface area contributed by atoms with E-state index in [4.69, 9.17) is 16.2 Å². The van der Waals surface area contributed by atoms with Gasteiger partial charge in [-0.3, -0.25) is 14.5 Å². The number of pyridine rings is 1. The molecule has 1 aliphatic rings. The molecule has 5 N–H and O–H groups in total. The van der Waals surface area contributed by atoms with Crippen LogP contribution >= 0.6 is 0 Å². The van der Waals surface area contributed by atoms with E-state index in [-0.39, 0.29) is 18.0 Å². The van der Waals surface area contributed by atoms with Crippen molar-refractivity contribution in [2.75, 3.05) is 16.8 Å². The summed E-state index contributed by atoms with van der Waals surface area (Å²) in [5.41, 5.74) is 11.8. The van der Waals surface area contributed by atoms with E-state index in [1.807, 2.05) is 0 Å². The van der Waals surface area contributed by atoms with Crippen molar-refractivity contribution in [1.82, 2.24) is 4.98 Å². The van der Waals surface area contributed by atoms with Crippen molar-refractivity contribution < 1.29 is 23.5 Å². The van der Waals surface area contributed by atoms with Gasteiger partial charge < -0.3 is 21.5 Å². The van der Waals surface area contributed by atoms with Crippen molar-refractivity contribution in [1.29, 1.82) is 0 Å². The van der Waals surface area contributed by atoms with Gasteiger partial charge in [0.15, 0.2) is 0 Å². The maximum absolute atomic E-state index is 14.7. The molecule has 1 fully saturated rings. The summed E-state index contributed by atoms with van der Waals surface area (Å²) in [4.78, 5) is 40.4. The smallest absolute Gasteiger partial charge is 0.414 e. The number of primary amides is 1. The molecule has 0 aliphatic carbocycles. The number of rotatable bonds is 6. The molecule has 2 heterocycles. The number of carbonyl (C=O) groups excluding carboxylic acids is 3. The molecular weight excluding hydrogens is 393 g/mol. The van der Waals surface area contributed by atoms with Gasteiger partial charge in [-0.2, -0.15) is 0 Å². The third-order valence-electron chi connectivity index (χ3n) is 4.85. The normalized spacial score (nSPS) is 17.9. The number of carbonyl (C=O) groups is 3. The molecule has 0 bridgehead atoms. The highest BCUT2D eigenvalue weighted by molar-refractivity contribution is 5.94. The molecule has 1 saturated heterocycles. The lowest BCUT2D eigenvalue weighted by Crippen LogP contribution is -2.34. The van der Waals surface area contributed by atoms with Gasteiger partial charge in [0.05, 0.1) is 24.2 Å². The van der Waals surface area contributed by atoms with Crippen molar-refractivity contribution in [3.63, 3.8) is 0 Å². The lowest BCUT2D eigenvalue weighted by atomic mass is 10.0. The van der Waals surface area contributed by atoms with Crippen molar-refractivity contribution in [2.24, 2.45) is 17.4 Å². The maximum atomic E-state index is 14.7. The molecule has 1 unspecified atom stereocenters. The minimum absolute atomic E-state index is 0.0945. The standard InChI is InChI=1S/C20H22FN5O4/c1-10(18(23)27)16-9-26(20(29)30-16)13-4-5-14(15(21)7-13)12-3-6-17(24-8-12)25-19(28)11(2)22/h3-8,10-11,16H,9,22H2,1-2H3,(H2,23,27)(H,24,25,28)/t10-,11-,16?/m0/s1. The van der Waals surface area contributed by atoms with Gasteiger partial charge in [-0.25, -0.2) is 14.2 Å². The number of hydrogen-bond donors (Lipinski definition) is 3.